The van der Waals surface area contributed by atoms with E-state index in [1.165, 1.54) is 12.1 Å². The van der Waals surface area contributed by atoms with E-state index in [0.29, 0.717) is 17.9 Å². The molecule has 190 valence electrons. The zero-order valence-electron chi connectivity index (χ0n) is 20.6. The lowest BCUT2D eigenvalue weighted by atomic mass is 9.90. The van der Waals surface area contributed by atoms with Gasteiger partial charge in [0.2, 0.25) is 5.43 Å². The van der Waals surface area contributed by atoms with Gasteiger partial charge in [-0.1, -0.05) is 60.7 Å². The van der Waals surface area contributed by atoms with E-state index in [-0.39, 0.29) is 41.1 Å². The van der Waals surface area contributed by atoms with Crippen molar-refractivity contribution < 1.29 is 13.9 Å². The van der Waals surface area contributed by atoms with Crippen molar-refractivity contribution in [3.63, 3.8) is 0 Å². The third-order valence-electron chi connectivity index (χ3n) is 7.89. The van der Waals surface area contributed by atoms with E-state index in [0.717, 1.165) is 34.4 Å². The molecule has 7 heteroatoms. The van der Waals surface area contributed by atoms with Crippen LogP contribution in [0.5, 0.6) is 5.75 Å². The summed E-state index contributed by atoms with van der Waals surface area (Å²) in [6.07, 6.45) is 3.17. The number of ether oxygens (including phenoxy) is 1. The average Bonchev–Trinajstić information content (AvgIpc) is 3.74. The van der Waals surface area contributed by atoms with Crippen LogP contribution in [0.2, 0.25) is 0 Å². The number of fused-ring (bicyclic) bond motifs is 3. The zero-order valence-corrected chi connectivity index (χ0v) is 21.4. The number of rotatable bonds is 4. The standard InChI is InChI=1S/C31H25FN2O3S/c32-24-11-6-10-21-23(24)18-38-26-12-5-4-9-22(26)27(21)34-19-31(14-15-31)30(36)28-29(25(35)13-16-33(28)34)37-17-20-7-2-1-3-8-20/h1-13,16,27H,14-15,17-19H2. The van der Waals surface area contributed by atoms with Gasteiger partial charge in [0.1, 0.15) is 12.4 Å². The minimum Gasteiger partial charge on any atom is -0.483 e. The number of hydrogen-bond donors (Lipinski definition) is 0. The van der Waals surface area contributed by atoms with Crippen LogP contribution in [0.4, 0.5) is 4.39 Å². The quantitative estimate of drug-likeness (QED) is 0.334. The lowest BCUT2D eigenvalue weighted by molar-refractivity contribution is 0.0853. The van der Waals surface area contributed by atoms with E-state index in [2.05, 4.69) is 17.1 Å². The molecule has 0 saturated heterocycles. The molecular formula is C31H25FN2O3S. The molecule has 3 aliphatic rings. The largest absolute Gasteiger partial charge is 0.483 e. The summed E-state index contributed by atoms with van der Waals surface area (Å²) in [4.78, 5) is 28.1. The molecule has 0 bridgehead atoms. The number of halogens is 1. The topological polar surface area (TPSA) is 51.5 Å². The fourth-order valence-electron chi connectivity index (χ4n) is 5.72. The van der Waals surface area contributed by atoms with Crippen molar-refractivity contribution >= 4 is 17.5 Å². The number of hydrogen-bond acceptors (Lipinski definition) is 5. The molecule has 1 fully saturated rings. The van der Waals surface area contributed by atoms with Crippen LogP contribution >= 0.6 is 11.8 Å². The highest BCUT2D eigenvalue weighted by molar-refractivity contribution is 7.98. The average molecular weight is 525 g/mol. The Bertz CT molecular complexity index is 1630. The minimum absolute atomic E-state index is 0.0507. The molecule has 5 nitrogen and oxygen atoms in total. The Morgan fingerprint density at radius 1 is 0.921 bits per heavy atom. The SMILES string of the molecule is O=C1c2c(OCc3ccccc3)c(=O)ccn2N(C2c3ccccc3SCc3c(F)cccc32)CC12CC2. The van der Waals surface area contributed by atoms with Gasteiger partial charge in [-0.15, -0.1) is 11.8 Å². The number of pyridine rings is 1. The number of nitrogens with zero attached hydrogens (tertiary/aromatic N) is 2. The Labute approximate surface area is 223 Å². The first-order valence-electron chi connectivity index (χ1n) is 12.8. The lowest BCUT2D eigenvalue weighted by Crippen LogP contribution is -2.52. The van der Waals surface area contributed by atoms with Gasteiger partial charge in [-0.2, -0.15) is 0 Å². The summed E-state index contributed by atoms with van der Waals surface area (Å²) in [5, 5.41) is 2.14. The van der Waals surface area contributed by atoms with Crippen LogP contribution in [0.15, 0.2) is 94.7 Å². The van der Waals surface area contributed by atoms with Gasteiger partial charge in [-0.25, -0.2) is 4.39 Å². The van der Waals surface area contributed by atoms with Crippen molar-refractivity contribution in [1.82, 2.24) is 4.68 Å². The molecule has 1 atom stereocenters. The molecular weight excluding hydrogens is 499 g/mol. The van der Waals surface area contributed by atoms with Crippen LogP contribution in [0.25, 0.3) is 0 Å². The van der Waals surface area contributed by atoms with Crippen molar-refractivity contribution in [2.45, 2.75) is 36.1 Å². The molecule has 3 heterocycles. The van der Waals surface area contributed by atoms with E-state index < -0.39 is 5.41 Å². The number of aromatic nitrogens is 1. The van der Waals surface area contributed by atoms with Gasteiger partial charge in [0.25, 0.3) is 0 Å². The van der Waals surface area contributed by atoms with Crippen molar-refractivity contribution in [1.29, 1.82) is 0 Å². The van der Waals surface area contributed by atoms with Crippen molar-refractivity contribution in [3.05, 3.63) is 129 Å². The Balaban J connectivity index is 1.42. The van der Waals surface area contributed by atoms with Gasteiger partial charge in [0.15, 0.2) is 17.2 Å². The zero-order chi connectivity index (χ0) is 25.9. The van der Waals surface area contributed by atoms with Gasteiger partial charge < -0.3 is 4.74 Å². The highest BCUT2D eigenvalue weighted by atomic mass is 32.2. The molecule has 38 heavy (non-hydrogen) atoms. The third-order valence-corrected chi connectivity index (χ3v) is 9.00. The number of ketones is 1. The first kappa shape index (κ1) is 23.3. The molecule has 3 aromatic carbocycles. The van der Waals surface area contributed by atoms with Crippen LogP contribution in [0.1, 0.15) is 51.6 Å². The summed E-state index contributed by atoms with van der Waals surface area (Å²) >= 11 is 1.63. The first-order valence-corrected chi connectivity index (χ1v) is 13.8. The minimum atomic E-state index is -0.569. The highest BCUT2D eigenvalue weighted by Gasteiger charge is 2.57. The highest BCUT2D eigenvalue weighted by Crippen LogP contribution is 2.54. The van der Waals surface area contributed by atoms with Gasteiger partial charge in [0.05, 0.1) is 11.5 Å². The Kier molecular flexibility index (Phi) is 5.44. The summed E-state index contributed by atoms with van der Waals surface area (Å²) in [7, 11) is 0. The summed E-state index contributed by atoms with van der Waals surface area (Å²) in [5.74, 6) is 0.322. The second-order valence-corrected chi connectivity index (χ2v) is 11.2. The van der Waals surface area contributed by atoms with Crippen LogP contribution in [0, 0.1) is 11.2 Å². The third kappa shape index (κ3) is 3.68. The van der Waals surface area contributed by atoms with Crippen LogP contribution in [-0.2, 0) is 12.4 Å². The molecule has 4 aromatic rings. The van der Waals surface area contributed by atoms with Gasteiger partial charge in [-0.05, 0) is 41.7 Å². The lowest BCUT2D eigenvalue weighted by Gasteiger charge is -2.43. The maximum atomic E-state index is 15.2. The molecule has 0 N–H and O–H groups in total. The molecule has 1 saturated carbocycles. The van der Waals surface area contributed by atoms with Crippen molar-refractivity contribution in [2.75, 3.05) is 11.6 Å². The number of carbonyl (C=O) groups excluding carboxylic acids is 1. The number of thioether (sulfide) groups is 1. The Morgan fingerprint density at radius 3 is 2.50 bits per heavy atom. The van der Waals surface area contributed by atoms with Gasteiger partial charge in [0, 0.05) is 35.0 Å². The van der Waals surface area contributed by atoms with Crippen molar-refractivity contribution in [3.8, 4) is 5.75 Å². The number of carbonyl (C=O) groups is 1. The fraction of sp³-hybridized carbons (Fsp3) is 0.226. The van der Waals surface area contributed by atoms with Crippen LogP contribution in [-0.4, -0.2) is 17.0 Å². The summed E-state index contributed by atoms with van der Waals surface area (Å²) in [5.41, 5.74) is 2.91. The van der Waals surface area contributed by atoms with Crippen molar-refractivity contribution in [2.24, 2.45) is 5.41 Å². The monoisotopic (exact) mass is 524 g/mol. The molecule has 1 spiro atoms. The van der Waals surface area contributed by atoms with E-state index >= 15 is 4.39 Å². The van der Waals surface area contributed by atoms with E-state index in [9.17, 15) is 9.59 Å². The summed E-state index contributed by atoms with van der Waals surface area (Å²) < 4.78 is 23.0. The molecule has 0 amide bonds. The van der Waals surface area contributed by atoms with Gasteiger partial charge >= 0.3 is 0 Å². The molecule has 0 radical (unpaired) electrons. The van der Waals surface area contributed by atoms with Crippen LogP contribution < -0.4 is 15.2 Å². The predicted molar refractivity (Wildman–Crippen MR) is 145 cm³/mol. The van der Waals surface area contributed by atoms with E-state index in [4.69, 9.17) is 4.74 Å². The Hall–Kier alpha value is -3.84. The molecule has 1 aromatic heterocycles. The molecule has 1 aliphatic carbocycles. The molecule has 2 aliphatic heterocycles. The van der Waals surface area contributed by atoms with E-state index in [1.807, 2.05) is 48.5 Å². The maximum Gasteiger partial charge on any atom is 0.224 e. The number of Topliss-reactive ketones (excluding diaryl/α,β-unsaturated/α-hetero) is 1. The van der Waals surface area contributed by atoms with Gasteiger partial charge in [-0.3, -0.25) is 19.3 Å². The predicted octanol–water partition coefficient (Wildman–Crippen LogP) is 5.88. The van der Waals surface area contributed by atoms with E-state index in [1.54, 1.807) is 28.7 Å². The maximum absolute atomic E-state index is 15.2. The fourth-order valence-corrected chi connectivity index (χ4v) is 6.85. The normalized spacial score (nSPS) is 18.8. The summed E-state index contributed by atoms with van der Waals surface area (Å²) in [6, 6.07) is 24.1. The van der Waals surface area contributed by atoms with Crippen LogP contribution in [0.3, 0.4) is 0 Å². The first-order chi connectivity index (χ1) is 18.6. The Morgan fingerprint density at radius 2 is 1.68 bits per heavy atom. The molecule has 7 rings (SSSR count). The summed E-state index contributed by atoms with van der Waals surface area (Å²) in [6.45, 7) is 0.670. The smallest absolute Gasteiger partial charge is 0.224 e. The molecule has 1 unspecified atom stereocenters. The second-order valence-electron chi connectivity index (χ2n) is 10.2. The second kappa shape index (κ2) is 8.88. The number of benzene rings is 3.